The minimum Gasteiger partial charge on any atom is -0.362 e. The van der Waals surface area contributed by atoms with E-state index in [9.17, 15) is 4.79 Å². The predicted octanol–water partition coefficient (Wildman–Crippen LogP) is 2.49. The Morgan fingerprint density at radius 2 is 2.24 bits per heavy atom. The second kappa shape index (κ2) is 4.73. The second-order valence-electron chi connectivity index (χ2n) is 4.41. The summed E-state index contributed by atoms with van der Waals surface area (Å²) in [7, 11) is 0. The van der Waals surface area contributed by atoms with Crippen molar-refractivity contribution in [2.24, 2.45) is 5.16 Å². The number of fused-ring (bicyclic) bond motifs is 1. The van der Waals surface area contributed by atoms with Gasteiger partial charge in [0.2, 0.25) is 0 Å². The van der Waals surface area contributed by atoms with Crippen LogP contribution in [-0.4, -0.2) is 16.7 Å². The third-order valence-corrected chi connectivity index (χ3v) is 3.16. The van der Waals surface area contributed by atoms with Gasteiger partial charge in [0.05, 0.1) is 5.71 Å². The van der Waals surface area contributed by atoms with Crippen LogP contribution in [0.15, 0.2) is 5.16 Å². The first-order chi connectivity index (χ1) is 8.13. The normalized spacial score (nSPS) is 17.0. The van der Waals surface area contributed by atoms with E-state index in [1.807, 2.05) is 0 Å². The van der Waals surface area contributed by atoms with Gasteiger partial charge in [0, 0.05) is 23.9 Å². The number of carbonyl (C=O) groups is 1. The monoisotopic (exact) mass is 234 g/mol. The zero-order valence-corrected chi connectivity index (χ0v) is 10.6. The van der Waals surface area contributed by atoms with E-state index < -0.39 is 0 Å². The largest absolute Gasteiger partial charge is 0.362 e. The van der Waals surface area contributed by atoms with Crippen molar-refractivity contribution in [3.05, 3.63) is 22.5 Å². The molecule has 0 amide bonds. The van der Waals surface area contributed by atoms with Gasteiger partial charge in [-0.05, 0) is 38.2 Å². The number of nitrogens with one attached hydrogen (secondary N) is 1. The Morgan fingerprint density at radius 3 is 2.88 bits per heavy atom. The summed E-state index contributed by atoms with van der Waals surface area (Å²) in [5.41, 5.74) is 5.82. The molecule has 0 bridgehead atoms. The highest BCUT2D eigenvalue weighted by Crippen LogP contribution is 2.27. The number of carbonyl (C=O) groups excluding carboxylic acids is 1. The molecule has 4 nitrogen and oxygen atoms in total. The molecule has 1 aliphatic rings. The molecule has 1 aliphatic carbocycles. The standard InChI is InChI=1S/C13H18N2O2/c1-4-10-8(2)14-11-6-5-7-12(13(10)11)15-17-9(3)16/h14H,4-7H2,1-3H3. The molecule has 92 valence electrons. The molecule has 0 aromatic carbocycles. The topological polar surface area (TPSA) is 54.4 Å². The lowest BCUT2D eigenvalue weighted by molar-refractivity contribution is -0.140. The minimum atomic E-state index is -0.366. The molecule has 0 fully saturated rings. The van der Waals surface area contributed by atoms with Gasteiger partial charge in [-0.3, -0.25) is 0 Å². The van der Waals surface area contributed by atoms with E-state index >= 15 is 0 Å². The number of H-pyrrole nitrogens is 1. The van der Waals surface area contributed by atoms with Gasteiger partial charge in [-0.15, -0.1) is 0 Å². The van der Waals surface area contributed by atoms with Crippen LogP contribution < -0.4 is 0 Å². The van der Waals surface area contributed by atoms with Gasteiger partial charge in [0.15, 0.2) is 0 Å². The summed E-state index contributed by atoms with van der Waals surface area (Å²) in [5.74, 6) is -0.366. The molecule has 0 radical (unpaired) electrons. The average Bonchev–Trinajstić information content (AvgIpc) is 2.62. The van der Waals surface area contributed by atoms with Gasteiger partial charge in [0.1, 0.15) is 0 Å². The molecule has 0 saturated carbocycles. The summed E-state index contributed by atoms with van der Waals surface area (Å²) in [4.78, 5) is 19.0. The lowest BCUT2D eigenvalue weighted by atomic mass is 9.92. The zero-order chi connectivity index (χ0) is 12.4. The highest BCUT2D eigenvalue weighted by molar-refractivity contribution is 6.04. The molecule has 4 heteroatoms. The van der Waals surface area contributed by atoms with Crippen LogP contribution in [0.5, 0.6) is 0 Å². The summed E-state index contributed by atoms with van der Waals surface area (Å²) in [6.07, 6.45) is 3.95. The lowest BCUT2D eigenvalue weighted by Crippen LogP contribution is -2.13. The molecule has 2 rings (SSSR count). The molecule has 0 spiro atoms. The van der Waals surface area contributed by atoms with Crippen LogP contribution >= 0.6 is 0 Å². The van der Waals surface area contributed by atoms with Gasteiger partial charge in [-0.25, -0.2) is 4.79 Å². The highest BCUT2D eigenvalue weighted by atomic mass is 16.7. The Kier molecular flexibility index (Phi) is 3.31. The van der Waals surface area contributed by atoms with Crippen molar-refractivity contribution in [2.75, 3.05) is 0 Å². The first-order valence-electron chi connectivity index (χ1n) is 6.08. The van der Waals surface area contributed by atoms with Crippen LogP contribution in [0.3, 0.4) is 0 Å². The van der Waals surface area contributed by atoms with Crippen LogP contribution in [0.2, 0.25) is 0 Å². The van der Waals surface area contributed by atoms with Crippen molar-refractivity contribution in [1.29, 1.82) is 0 Å². The molecule has 1 aromatic rings. The molecular formula is C13H18N2O2. The molecule has 1 aromatic heterocycles. The number of hydrogen-bond donors (Lipinski definition) is 1. The van der Waals surface area contributed by atoms with Crippen molar-refractivity contribution in [2.45, 2.75) is 46.5 Å². The highest BCUT2D eigenvalue weighted by Gasteiger charge is 2.23. The van der Waals surface area contributed by atoms with E-state index in [2.05, 4.69) is 24.0 Å². The Hall–Kier alpha value is -1.58. The van der Waals surface area contributed by atoms with E-state index in [0.29, 0.717) is 0 Å². The van der Waals surface area contributed by atoms with Gasteiger partial charge >= 0.3 is 5.97 Å². The first-order valence-corrected chi connectivity index (χ1v) is 6.08. The molecule has 17 heavy (non-hydrogen) atoms. The van der Waals surface area contributed by atoms with Crippen LogP contribution in [0.4, 0.5) is 0 Å². The zero-order valence-electron chi connectivity index (χ0n) is 10.6. The third-order valence-electron chi connectivity index (χ3n) is 3.16. The molecule has 0 aliphatic heterocycles. The summed E-state index contributed by atoms with van der Waals surface area (Å²) in [6, 6.07) is 0. The number of aromatic nitrogens is 1. The van der Waals surface area contributed by atoms with Crippen molar-refractivity contribution < 1.29 is 9.63 Å². The van der Waals surface area contributed by atoms with Crippen LogP contribution in [-0.2, 0) is 22.5 Å². The number of hydrogen-bond acceptors (Lipinski definition) is 3. The van der Waals surface area contributed by atoms with Crippen molar-refractivity contribution in [1.82, 2.24) is 4.98 Å². The Labute approximate surface area is 101 Å². The third kappa shape index (κ3) is 2.25. The molecule has 0 saturated heterocycles. The average molecular weight is 234 g/mol. The van der Waals surface area contributed by atoms with E-state index in [1.54, 1.807) is 0 Å². The van der Waals surface area contributed by atoms with Gasteiger partial charge in [-0.2, -0.15) is 0 Å². The number of aromatic amines is 1. The number of oxime groups is 1. The Balaban J connectivity index is 2.42. The van der Waals surface area contributed by atoms with E-state index in [1.165, 1.54) is 29.4 Å². The van der Waals surface area contributed by atoms with Gasteiger partial charge in [0.25, 0.3) is 0 Å². The van der Waals surface area contributed by atoms with Crippen LogP contribution in [0, 0.1) is 6.92 Å². The van der Waals surface area contributed by atoms with E-state index in [4.69, 9.17) is 4.84 Å². The summed E-state index contributed by atoms with van der Waals surface area (Å²) < 4.78 is 0. The fourth-order valence-electron chi connectivity index (χ4n) is 2.48. The van der Waals surface area contributed by atoms with Crippen molar-refractivity contribution >= 4 is 11.7 Å². The molecule has 1 N–H and O–H groups in total. The summed E-state index contributed by atoms with van der Waals surface area (Å²) in [5, 5.41) is 3.99. The SMILES string of the molecule is CCc1c(C)[nH]c2c1C(=NOC(C)=O)CCC2. The molecular weight excluding hydrogens is 216 g/mol. The first kappa shape index (κ1) is 11.9. The fraction of sp³-hybridized carbons (Fsp3) is 0.538. The van der Waals surface area contributed by atoms with Crippen LogP contribution in [0.25, 0.3) is 0 Å². The molecule has 0 unspecified atom stereocenters. The Morgan fingerprint density at radius 1 is 1.47 bits per heavy atom. The van der Waals surface area contributed by atoms with Gasteiger partial charge < -0.3 is 9.82 Å². The maximum absolute atomic E-state index is 10.8. The smallest absolute Gasteiger partial charge is 0.331 e. The quantitative estimate of drug-likeness (QED) is 0.631. The maximum Gasteiger partial charge on any atom is 0.331 e. The van der Waals surface area contributed by atoms with E-state index in [-0.39, 0.29) is 5.97 Å². The van der Waals surface area contributed by atoms with Crippen molar-refractivity contribution in [3.8, 4) is 0 Å². The lowest BCUT2D eigenvalue weighted by Gasteiger charge is -2.14. The summed E-state index contributed by atoms with van der Waals surface area (Å²) in [6.45, 7) is 5.59. The number of aryl methyl sites for hydroxylation is 2. The number of rotatable bonds is 2. The maximum atomic E-state index is 10.8. The van der Waals surface area contributed by atoms with Crippen molar-refractivity contribution in [3.63, 3.8) is 0 Å². The fourth-order valence-corrected chi connectivity index (χ4v) is 2.48. The number of nitrogens with zero attached hydrogens (tertiary/aromatic N) is 1. The predicted molar refractivity (Wildman–Crippen MR) is 66.1 cm³/mol. The molecule has 1 heterocycles. The molecule has 0 atom stereocenters. The minimum absolute atomic E-state index is 0.366. The second-order valence-corrected chi connectivity index (χ2v) is 4.41. The van der Waals surface area contributed by atoms with Crippen LogP contribution in [0.1, 0.15) is 49.2 Å². The van der Waals surface area contributed by atoms with E-state index in [0.717, 1.165) is 31.4 Å². The summed E-state index contributed by atoms with van der Waals surface area (Å²) >= 11 is 0. The van der Waals surface area contributed by atoms with Gasteiger partial charge in [-0.1, -0.05) is 12.1 Å². The Bertz CT molecular complexity index is 472.